The zero-order chi connectivity index (χ0) is 33.5. The molecular weight excluding hydrogens is 590 g/mol. The van der Waals surface area contributed by atoms with E-state index in [2.05, 4.69) is 21.9 Å². The van der Waals surface area contributed by atoms with Gasteiger partial charge in [-0.2, -0.15) is 4.39 Å². The van der Waals surface area contributed by atoms with E-state index in [-0.39, 0.29) is 58.7 Å². The molecule has 3 heterocycles. The second-order valence-electron chi connectivity index (χ2n) is 12.1. The van der Waals surface area contributed by atoms with Gasteiger partial charge in [-0.05, 0) is 67.9 Å². The van der Waals surface area contributed by atoms with Crippen molar-refractivity contribution in [1.29, 1.82) is 0 Å². The van der Waals surface area contributed by atoms with E-state index in [1.165, 1.54) is 17.2 Å². The maximum absolute atomic E-state index is 16.4. The van der Waals surface area contributed by atoms with Crippen molar-refractivity contribution in [2.45, 2.75) is 60.3 Å². The molecule has 2 amide bonds. The number of piperidine rings is 1. The van der Waals surface area contributed by atoms with Crippen molar-refractivity contribution in [3.05, 3.63) is 83.6 Å². The third kappa shape index (κ3) is 7.63. The fourth-order valence-corrected chi connectivity index (χ4v) is 5.81. The van der Waals surface area contributed by atoms with Gasteiger partial charge in [0.2, 0.25) is 11.9 Å². The van der Waals surface area contributed by atoms with Crippen LogP contribution >= 0.6 is 0 Å². The molecule has 9 nitrogen and oxygen atoms in total. The van der Waals surface area contributed by atoms with Crippen LogP contribution in [0.3, 0.4) is 0 Å². The van der Waals surface area contributed by atoms with Crippen molar-refractivity contribution in [3.63, 3.8) is 0 Å². The molecular formula is C35H44F2N6O3. The molecule has 1 saturated heterocycles. The minimum Gasteiger partial charge on any atom is -0.493 e. The number of anilines is 1. The molecule has 1 aromatic carbocycles. The van der Waals surface area contributed by atoms with Gasteiger partial charge in [-0.3, -0.25) is 14.5 Å². The van der Waals surface area contributed by atoms with Crippen molar-refractivity contribution in [2.24, 2.45) is 28.5 Å². The molecule has 1 aromatic heterocycles. The van der Waals surface area contributed by atoms with E-state index < -0.39 is 17.7 Å². The molecule has 0 aliphatic carbocycles. The average molecular weight is 635 g/mol. The normalized spacial score (nSPS) is 18.5. The first-order valence-corrected chi connectivity index (χ1v) is 15.9. The van der Waals surface area contributed by atoms with Crippen LogP contribution in [0.4, 0.5) is 14.6 Å². The molecule has 2 atom stereocenters. The fourth-order valence-electron chi connectivity index (χ4n) is 5.81. The summed E-state index contributed by atoms with van der Waals surface area (Å²) in [7, 11) is 0. The van der Waals surface area contributed by atoms with Gasteiger partial charge in [-0.1, -0.05) is 40.3 Å². The summed E-state index contributed by atoms with van der Waals surface area (Å²) in [5.41, 5.74) is 7.51. The molecule has 0 saturated carbocycles. The van der Waals surface area contributed by atoms with Gasteiger partial charge in [0, 0.05) is 42.9 Å². The summed E-state index contributed by atoms with van der Waals surface area (Å²) >= 11 is 0. The van der Waals surface area contributed by atoms with E-state index in [0.717, 1.165) is 18.7 Å². The van der Waals surface area contributed by atoms with E-state index in [1.807, 2.05) is 32.6 Å². The summed E-state index contributed by atoms with van der Waals surface area (Å²) in [4.78, 5) is 37.4. The van der Waals surface area contributed by atoms with Crippen molar-refractivity contribution in [1.82, 2.24) is 14.8 Å². The number of amides is 2. The zero-order valence-corrected chi connectivity index (χ0v) is 27.3. The lowest BCUT2D eigenvalue weighted by Gasteiger charge is -2.40. The van der Waals surface area contributed by atoms with Crippen molar-refractivity contribution in [3.8, 4) is 5.75 Å². The third-order valence-electron chi connectivity index (χ3n) is 8.26. The number of halogens is 2. The van der Waals surface area contributed by atoms with Crippen LogP contribution in [-0.4, -0.2) is 52.1 Å². The lowest BCUT2D eigenvalue weighted by atomic mass is 9.86. The highest BCUT2D eigenvalue weighted by Gasteiger charge is 2.36. The van der Waals surface area contributed by atoms with Gasteiger partial charge in [0.25, 0.3) is 5.91 Å². The van der Waals surface area contributed by atoms with E-state index in [4.69, 9.17) is 10.5 Å². The topological polar surface area (TPSA) is 113 Å². The number of nitrogens with two attached hydrogens (primary N) is 1. The monoisotopic (exact) mass is 634 g/mol. The first kappa shape index (κ1) is 34.3. The largest absolute Gasteiger partial charge is 0.493 e. The minimum atomic E-state index is -0.739. The third-order valence-corrected chi connectivity index (χ3v) is 8.26. The Morgan fingerprint density at radius 3 is 2.61 bits per heavy atom. The van der Waals surface area contributed by atoms with Crippen LogP contribution in [0.1, 0.15) is 76.2 Å². The predicted octanol–water partition coefficient (Wildman–Crippen LogP) is 6.87. The highest BCUT2D eigenvalue weighted by Crippen LogP contribution is 2.43. The van der Waals surface area contributed by atoms with Gasteiger partial charge in [0.05, 0.1) is 24.1 Å². The van der Waals surface area contributed by atoms with Crippen LogP contribution in [0.5, 0.6) is 5.75 Å². The molecule has 11 heteroatoms. The Bertz CT molecular complexity index is 1550. The van der Waals surface area contributed by atoms with Crippen LogP contribution in [-0.2, 0) is 4.79 Å². The van der Waals surface area contributed by atoms with Gasteiger partial charge in [-0.15, -0.1) is 0 Å². The maximum atomic E-state index is 16.4. The van der Waals surface area contributed by atoms with Crippen LogP contribution in [0.2, 0.25) is 0 Å². The molecule has 1 fully saturated rings. The Balaban J connectivity index is 1.82. The summed E-state index contributed by atoms with van der Waals surface area (Å²) in [6.07, 6.45) is 4.95. The molecule has 0 radical (unpaired) electrons. The number of nitrogens with zero attached hydrogens (tertiary/aromatic N) is 4. The van der Waals surface area contributed by atoms with Gasteiger partial charge in [0.1, 0.15) is 23.2 Å². The summed E-state index contributed by atoms with van der Waals surface area (Å²) < 4.78 is 38.3. The SMILES string of the molecule is C=C(C1CCCN(C(=O)CC(C)C)C1)N1C(F)=CN=C(N)/C1=C(\c1c(F)cc(C(=O)Nc2ccccn2)cc1OCC)C(C)CC. The number of allylic oxidation sites excluding steroid dienone is 1. The second-order valence-corrected chi connectivity index (χ2v) is 12.1. The number of hydrogen-bond acceptors (Lipinski definition) is 7. The lowest BCUT2D eigenvalue weighted by Crippen LogP contribution is -2.44. The van der Waals surface area contributed by atoms with E-state index in [9.17, 15) is 9.59 Å². The van der Waals surface area contributed by atoms with Gasteiger partial charge < -0.3 is 20.7 Å². The molecule has 2 aliphatic rings. The standard InChI is InChI=1S/C35H44F2N6O3/c1-7-22(5)31(32-26(36)17-25(18-27(32)46-8-2)35(45)41-29-13-9-10-14-39-29)33-34(38)40-19-28(37)43(33)23(6)24-12-11-15-42(20-24)30(44)16-21(3)4/h9-10,13-14,17-19,21-22,24H,6-8,11-12,15-16,20H2,1-5H3,(H2,38,40)(H,39,41,45)/b33-31+. The summed E-state index contributed by atoms with van der Waals surface area (Å²) in [6.45, 7) is 15.0. The Labute approximate surface area is 269 Å². The van der Waals surface area contributed by atoms with Crippen LogP contribution < -0.4 is 15.8 Å². The van der Waals surface area contributed by atoms with Crippen LogP contribution in [0, 0.1) is 23.6 Å². The maximum Gasteiger partial charge on any atom is 0.257 e. The van der Waals surface area contributed by atoms with E-state index >= 15 is 8.78 Å². The number of rotatable bonds is 11. The number of benzene rings is 1. The molecule has 3 N–H and O–H groups in total. The number of hydrogen-bond donors (Lipinski definition) is 2. The number of nitrogens with one attached hydrogen (secondary N) is 1. The summed E-state index contributed by atoms with van der Waals surface area (Å²) in [6, 6.07) is 7.65. The van der Waals surface area contributed by atoms with Gasteiger partial charge >= 0.3 is 0 Å². The Hall–Kier alpha value is -4.54. The quantitative estimate of drug-likeness (QED) is 0.261. The van der Waals surface area contributed by atoms with Crippen molar-refractivity contribution in [2.75, 3.05) is 25.0 Å². The summed E-state index contributed by atoms with van der Waals surface area (Å²) in [5.74, 6) is -1.97. The zero-order valence-electron chi connectivity index (χ0n) is 27.3. The Morgan fingerprint density at radius 1 is 1.20 bits per heavy atom. The first-order valence-electron chi connectivity index (χ1n) is 15.9. The summed E-state index contributed by atoms with van der Waals surface area (Å²) in [5, 5.41) is 2.67. The van der Waals surface area contributed by atoms with Crippen molar-refractivity contribution < 1.29 is 23.1 Å². The van der Waals surface area contributed by atoms with E-state index in [0.29, 0.717) is 49.4 Å². The number of aliphatic imine (C=N–C) groups is 1. The number of aromatic nitrogens is 1. The number of carbonyl (C=O) groups is 2. The molecule has 46 heavy (non-hydrogen) atoms. The Kier molecular flexibility index (Phi) is 11.3. The molecule has 2 aromatic rings. The smallest absolute Gasteiger partial charge is 0.257 e. The molecule has 0 bridgehead atoms. The van der Waals surface area contributed by atoms with Gasteiger partial charge in [-0.25, -0.2) is 14.4 Å². The molecule has 2 unspecified atom stereocenters. The fraction of sp³-hybridized carbons (Fsp3) is 0.429. The highest BCUT2D eigenvalue weighted by atomic mass is 19.1. The number of ether oxygens (including phenoxy) is 1. The van der Waals surface area contributed by atoms with Gasteiger partial charge in [0.15, 0.2) is 0 Å². The minimum absolute atomic E-state index is 0.0137. The number of likely N-dealkylation sites (tertiary alicyclic amines) is 1. The number of carbonyl (C=O) groups excluding carboxylic acids is 2. The van der Waals surface area contributed by atoms with Crippen LogP contribution in [0.25, 0.3) is 5.57 Å². The molecule has 2 aliphatic heterocycles. The molecule has 4 rings (SSSR count). The second kappa shape index (κ2) is 15.2. The van der Waals surface area contributed by atoms with Crippen LogP contribution in [0.15, 0.2) is 71.6 Å². The lowest BCUT2D eigenvalue weighted by molar-refractivity contribution is -0.133. The highest BCUT2D eigenvalue weighted by molar-refractivity contribution is 6.07. The first-order chi connectivity index (χ1) is 22.0. The molecule has 246 valence electrons. The van der Waals surface area contributed by atoms with E-state index in [1.54, 1.807) is 25.1 Å². The molecule has 0 spiro atoms. The predicted molar refractivity (Wildman–Crippen MR) is 177 cm³/mol. The average Bonchev–Trinajstić information content (AvgIpc) is 3.03. The number of amidine groups is 1. The number of pyridine rings is 1. The Morgan fingerprint density at radius 2 is 1.96 bits per heavy atom. The van der Waals surface area contributed by atoms with Crippen molar-refractivity contribution >= 4 is 29.0 Å².